The summed E-state index contributed by atoms with van der Waals surface area (Å²) in [4.78, 5) is 15.9. The fourth-order valence-corrected chi connectivity index (χ4v) is 2.81. The molecule has 0 amide bonds. The second kappa shape index (κ2) is 4.09. The Kier molecular flexibility index (Phi) is 2.35. The quantitative estimate of drug-likeness (QED) is 0.473. The van der Waals surface area contributed by atoms with Crippen LogP contribution < -0.4 is 5.43 Å². The normalized spacial score (nSPS) is 11.4. The molecule has 2 nitrogen and oxygen atoms in total. The maximum absolute atomic E-state index is 12.6. The molecule has 0 spiro atoms. The summed E-state index contributed by atoms with van der Waals surface area (Å²) in [6.45, 7) is 0. The first-order valence-electron chi connectivity index (χ1n) is 6.36. The van der Waals surface area contributed by atoms with Crippen LogP contribution in [0, 0.1) is 0 Å². The Bertz CT molecular complexity index is 1030. The second-order valence-electron chi connectivity index (χ2n) is 4.89. The minimum atomic E-state index is 0.0157. The van der Waals surface area contributed by atoms with Crippen LogP contribution in [0.5, 0.6) is 0 Å². The Balaban J connectivity index is 2.26. The van der Waals surface area contributed by atoms with Crippen molar-refractivity contribution in [1.29, 1.82) is 0 Å². The van der Waals surface area contributed by atoms with Gasteiger partial charge in [-0.05, 0) is 41.1 Å². The van der Waals surface area contributed by atoms with E-state index in [2.05, 4.69) is 4.98 Å². The zero-order valence-corrected chi connectivity index (χ0v) is 11.2. The van der Waals surface area contributed by atoms with Gasteiger partial charge in [-0.25, -0.2) is 0 Å². The van der Waals surface area contributed by atoms with Crippen LogP contribution in [0.15, 0.2) is 59.4 Å². The van der Waals surface area contributed by atoms with Crippen LogP contribution in [0.2, 0.25) is 5.02 Å². The number of fused-ring (bicyclic) bond motifs is 3. The average Bonchev–Trinajstić information content (AvgIpc) is 2.47. The molecule has 0 saturated heterocycles. The molecule has 96 valence electrons. The van der Waals surface area contributed by atoms with E-state index >= 15 is 0 Å². The van der Waals surface area contributed by atoms with Crippen LogP contribution in [-0.2, 0) is 0 Å². The fourth-order valence-electron chi connectivity index (χ4n) is 2.64. The number of H-pyrrole nitrogens is 1. The van der Waals surface area contributed by atoms with Crippen LogP contribution >= 0.6 is 11.6 Å². The van der Waals surface area contributed by atoms with Crippen molar-refractivity contribution < 1.29 is 0 Å². The second-order valence-corrected chi connectivity index (χ2v) is 5.33. The van der Waals surface area contributed by atoms with Gasteiger partial charge in [0.1, 0.15) is 0 Å². The SMILES string of the molecule is O=c1c2cc(Cl)ccc2[nH]c2cc3ccccc3cc12. The molecular formula is C17H10ClNO. The molecule has 4 rings (SSSR count). The van der Waals surface area contributed by atoms with Crippen LogP contribution in [0.1, 0.15) is 0 Å². The standard InChI is InChI=1S/C17H10ClNO/c18-12-5-6-15-14(9-12)17(20)13-7-10-3-1-2-4-11(10)8-16(13)19-15/h1-9H,(H,19,20). The van der Waals surface area contributed by atoms with Crippen LogP contribution in [-0.4, -0.2) is 4.98 Å². The van der Waals surface area contributed by atoms with Gasteiger partial charge in [0, 0.05) is 21.3 Å². The molecule has 0 radical (unpaired) electrons. The highest BCUT2D eigenvalue weighted by Crippen LogP contribution is 2.23. The van der Waals surface area contributed by atoms with Gasteiger partial charge < -0.3 is 4.98 Å². The molecule has 0 fully saturated rings. The predicted octanol–water partition coefficient (Wildman–Crippen LogP) is 4.49. The van der Waals surface area contributed by atoms with Crippen molar-refractivity contribution >= 4 is 44.2 Å². The molecule has 0 unspecified atom stereocenters. The van der Waals surface area contributed by atoms with Crippen molar-refractivity contribution in [3.63, 3.8) is 0 Å². The van der Waals surface area contributed by atoms with Crippen molar-refractivity contribution in [2.45, 2.75) is 0 Å². The Morgan fingerprint density at radius 3 is 2.30 bits per heavy atom. The van der Waals surface area contributed by atoms with Crippen LogP contribution in [0.3, 0.4) is 0 Å². The third-order valence-corrected chi connectivity index (χ3v) is 3.86. The summed E-state index contributed by atoms with van der Waals surface area (Å²) < 4.78 is 0. The van der Waals surface area contributed by atoms with E-state index in [0.29, 0.717) is 15.8 Å². The number of hydrogen-bond donors (Lipinski definition) is 1. The van der Waals surface area contributed by atoms with E-state index in [1.165, 1.54) is 0 Å². The number of aromatic amines is 1. The summed E-state index contributed by atoms with van der Waals surface area (Å²) >= 11 is 5.98. The molecular weight excluding hydrogens is 270 g/mol. The highest BCUT2D eigenvalue weighted by atomic mass is 35.5. The zero-order chi connectivity index (χ0) is 13.7. The van der Waals surface area contributed by atoms with Gasteiger partial charge in [-0.15, -0.1) is 0 Å². The minimum Gasteiger partial charge on any atom is -0.354 e. The van der Waals surface area contributed by atoms with E-state index in [1.54, 1.807) is 12.1 Å². The molecule has 0 aliphatic rings. The van der Waals surface area contributed by atoms with Gasteiger partial charge in [-0.2, -0.15) is 0 Å². The summed E-state index contributed by atoms with van der Waals surface area (Å²) in [5.74, 6) is 0. The first-order valence-corrected chi connectivity index (χ1v) is 6.74. The molecule has 20 heavy (non-hydrogen) atoms. The lowest BCUT2D eigenvalue weighted by Crippen LogP contribution is -2.04. The lowest BCUT2D eigenvalue weighted by molar-refractivity contribution is 1.49. The van der Waals surface area contributed by atoms with Crippen molar-refractivity contribution in [2.75, 3.05) is 0 Å². The monoisotopic (exact) mass is 279 g/mol. The number of nitrogens with one attached hydrogen (secondary N) is 1. The highest BCUT2D eigenvalue weighted by molar-refractivity contribution is 6.31. The Labute approximate surface area is 119 Å². The third kappa shape index (κ3) is 1.62. The molecule has 0 aliphatic heterocycles. The molecule has 4 aromatic rings. The summed E-state index contributed by atoms with van der Waals surface area (Å²) in [5.41, 5.74) is 1.67. The first-order chi connectivity index (χ1) is 9.72. The number of hydrogen-bond acceptors (Lipinski definition) is 1. The average molecular weight is 280 g/mol. The Hall–Kier alpha value is -2.32. The van der Waals surface area contributed by atoms with E-state index in [4.69, 9.17) is 11.6 Å². The number of aromatic nitrogens is 1. The fraction of sp³-hybridized carbons (Fsp3) is 0. The van der Waals surface area contributed by atoms with Gasteiger partial charge in [-0.1, -0.05) is 35.9 Å². The molecule has 1 heterocycles. The van der Waals surface area contributed by atoms with Crippen molar-refractivity contribution in [3.8, 4) is 0 Å². The first kappa shape index (κ1) is 11.5. The molecule has 3 aromatic carbocycles. The number of halogens is 1. The maximum atomic E-state index is 12.6. The summed E-state index contributed by atoms with van der Waals surface area (Å²) in [6.07, 6.45) is 0. The van der Waals surface area contributed by atoms with E-state index in [9.17, 15) is 4.79 Å². The lowest BCUT2D eigenvalue weighted by Gasteiger charge is -2.05. The summed E-state index contributed by atoms with van der Waals surface area (Å²) in [6, 6.07) is 17.3. The molecule has 0 bridgehead atoms. The van der Waals surface area contributed by atoms with Crippen molar-refractivity contribution in [1.82, 2.24) is 4.98 Å². The third-order valence-electron chi connectivity index (χ3n) is 3.63. The highest BCUT2D eigenvalue weighted by Gasteiger charge is 2.07. The van der Waals surface area contributed by atoms with Gasteiger partial charge in [0.2, 0.25) is 0 Å². The minimum absolute atomic E-state index is 0.0157. The van der Waals surface area contributed by atoms with Gasteiger partial charge in [0.25, 0.3) is 0 Å². The molecule has 0 saturated carbocycles. The van der Waals surface area contributed by atoms with Gasteiger partial charge in [-0.3, -0.25) is 4.79 Å². The zero-order valence-electron chi connectivity index (χ0n) is 10.5. The Morgan fingerprint density at radius 1 is 0.800 bits per heavy atom. The molecule has 1 aromatic heterocycles. The van der Waals surface area contributed by atoms with Crippen LogP contribution in [0.25, 0.3) is 32.6 Å². The van der Waals surface area contributed by atoms with E-state index in [-0.39, 0.29) is 5.43 Å². The lowest BCUT2D eigenvalue weighted by atomic mass is 10.0. The largest absolute Gasteiger partial charge is 0.354 e. The van der Waals surface area contributed by atoms with E-state index in [1.807, 2.05) is 42.5 Å². The van der Waals surface area contributed by atoms with Crippen molar-refractivity contribution in [2.24, 2.45) is 0 Å². The topological polar surface area (TPSA) is 32.9 Å². The van der Waals surface area contributed by atoms with Crippen molar-refractivity contribution in [3.05, 3.63) is 69.8 Å². The molecule has 0 aliphatic carbocycles. The Morgan fingerprint density at radius 2 is 1.50 bits per heavy atom. The molecule has 0 atom stereocenters. The number of benzene rings is 3. The van der Waals surface area contributed by atoms with Gasteiger partial charge in [0.05, 0.1) is 5.52 Å². The maximum Gasteiger partial charge on any atom is 0.197 e. The van der Waals surface area contributed by atoms with Gasteiger partial charge >= 0.3 is 0 Å². The van der Waals surface area contributed by atoms with Gasteiger partial charge in [0.15, 0.2) is 5.43 Å². The summed E-state index contributed by atoms with van der Waals surface area (Å²) in [7, 11) is 0. The molecule has 1 N–H and O–H groups in total. The summed E-state index contributed by atoms with van der Waals surface area (Å²) in [5, 5.41) is 4.07. The number of pyridine rings is 1. The smallest absolute Gasteiger partial charge is 0.197 e. The van der Waals surface area contributed by atoms with E-state index < -0.39 is 0 Å². The van der Waals surface area contributed by atoms with E-state index in [0.717, 1.165) is 21.8 Å². The van der Waals surface area contributed by atoms with Crippen LogP contribution in [0.4, 0.5) is 0 Å². The number of rotatable bonds is 0. The predicted molar refractivity (Wildman–Crippen MR) is 84.6 cm³/mol. The molecule has 3 heteroatoms.